The Balaban J connectivity index is 2.45. The lowest BCUT2D eigenvalue weighted by molar-refractivity contribution is 0.550. The standard InChI is InChI=1S/C14H13BrF2N2/c1-2-19-14(10-5-6-18-8-13(10)17)9-3-4-11(15)12(16)7-9/h3-8,14,19H,2H2,1H3. The van der Waals surface area contributed by atoms with Gasteiger partial charge in [0.1, 0.15) is 11.6 Å². The Bertz CT molecular complexity index is 575. The van der Waals surface area contributed by atoms with Gasteiger partial charge in [-0.3, -0.25) is 4.98 Å². The van der Waals surface area contributed by atoms with Crippen LogP contribution in [0.25, 0.3) is 0 Å². The quantitative estimate of drug-likeness (QED) is 0.923. The zero-order chi connectivity index (χ0) is 13.8. The van der Waals surface area contributed by atoms with Gasteiger partial charge in [0, 0.05) is 11.8 Å². The third kappa shape index (κ3) is 3.16. The average molecular weight is 327 g/mol. The summed E-state index contributed by atoms with van der Waals surface area (Å²) in [6, 6.07) is 5.99. The Morgan fingerprint density at radius 2 is 2.05 bits per heavy atom. The van der Waals surface area contributed by atoms with Crippen LogP contribution in [0, 0.1) is 11.6 Å². The van der Waals surface area contributed by atoms with E-state index in [9.17, 15) is 8.78 Å². The molecule has 5 heteroatoms. The highest BCUT2D eigenvalue weighted by molar-refractivity contribution is 9.10. The number of hydrogen-bond donors (Lipinski definition) is 1. The monoisotopic (exact) mass is 326 g/mol. The van der Waals surface area contributed by atoms with Crippen molar-refractivity contribution < 1.29 is 8.78 Å². The summed E-state index contributed by atoms with van der Waals surface area (Å²) < 4.78 is 27.8. The highest BCUT2D eigenvalue weighted by atomic mass is 79.9. The number of rotatable bonds is 4. The van der Waals surface area contributed by atoms with Crippen molar-refractivity contribution in [3.8, 4) is 0 Å². The number of nitrogens with one attached hydrogen (secondary N) is 1. The lowest BCUT2D eigenvalue weighted by Crippen LogP contribution is -2.23. The molecule has 1 N–H and O–H groups in total. The number of pyridine rings is 1. The number of nitrogens with zero attached hydrogens (tertiary/aromatic N) is 1. The molecule has 0 amide bonds. The highest BCUT2D eigenvalue weighted by Gasteiger charge is 2.18. The molecule has 1 atom stereocenters. The first-order valence-corrected chi connectivity index (χ1v) is 6.70. The van der Waals surface area contributed by atoms with E-state index in [4.69, 9.17) is 0 Å². The Labute approximate surface area is 119 Å². The van der Waals surface area contributed by atoms with Crippen molar-refractivity contribution in [1.29, 1.82) is 0 Å². The molecule has 0 aliphatic rings. The third-order valence-electron chi connectivity index (χ3n) is 2.80. The molecule has 1 unspecified atom stereocenters. The zero-order valence-electron chi connectivity index (χ0n) is 10.3. The molecule has 2 nitrogen and oxygen atoms in total. The van der Waals surface area contributed by atoms with E-state index in [0.29, 0.717) is 22.1 Å². The van der Waals surface area contributed by atoms with Crippen LogP contribution < -0.4 is 5.32 Å². The van der Waals surface area contributed by atoms with E-state index in [1.165, 1.54) is 12.3 Å². The summed E-state index contributed by atoms with van der Waals surface area (Å²) in [6.45, 7) is 2.56. The summed E-state index contributed by atoms with van der Waals surface area (Å²) in [5.41, 5.74) is 1.13. The molecule has 100 valence electrons. The lowest BCUT2D eigenvalue weighted by Gasteiger charge is -2.19. The summed E-state index contributed by atoms with van der Waals surface area (Å²) in [4.78, 5) is 3.73. The molecule has 1 heterocycles. The number of aromatic nitrogens is 1. The van der Waals surface area contributed by atoms with Crippen molar-refractivity contribution in [1.82, 2.24) is 10.3 Å². The second kappa shape index (κ2) is 6.21. The fraction of sp³-hybridized carbons (Fsp3) is 0.214. The van der Waals surface area contributed by atoms with E-state index in [1.807, 2.05) is 6.92 Å². The van der Waals surface area contributed by atoms with Crippen LogP contribution in [0.2, 0.25) is 0 Å². The summed E-state index contributed by atoms with van der Waals surface area (Å²) in [6.07, 6.45) is 2.69. The molecular formula is C14H13BrF2N2. The third-order valence-corrected chi connectivity index (χ3v) is 3.44. The topological polar surface area (TPSA) is 24.9 Å². The Morgan fingerprint density at radius 3 is 2.68 bits per heavy atom. The van der Waals surface area contributed by atoms with Crippen molar-refractivity contribution in [3.05, 3.63) is 63.9 Å². The molecule has 2 rings (SSSR count). The molecule has 2 aromatic rings. The van der Waals surface area contributed by atoms with Crippen LogP contribution in [0.15, 0.2) is 41.1 Å². The van der Waals surface area contributed by atoms with Gasteiger partial charge in [0.05, 0.1) is 16.7 Å². The van der Waals surface area contributed by atoms with Gasteiger partial charge < -0.3 is 5.32 Å². The van der Waals surface area contributed by atoms with Crippen molar-refractivity contribution >= 4 is 15.9 Å². The van der Waals surface area contributed by atoms with Gasteiger partial charge in [0.15, 0.2) is 0 Å². The van der Waals surface area contributed by atoms with Crippen molar-refractivity contribution in [3.63, 3.8) is 0 Å². The largest absolute Gasteiger partial charge is 0.306 e. The van der Waals surface area contributed by atoms with Crippen molar-refractivity contribution in [2.75, 3.05) is 6.54 Å². The van der Waals surface area contributed by atoms with Gasteiger partial charge in [-0.2, -0.15) is 0 Å². The van der Waals surface area contributed by atoms with Gasteiger partial charge in [0.2, 0.25) is 0 Å². The summed E-state index contributed by atoms with van der Waals surface area (Å²) in [7, 11) is 0. The number of hydrogen-bond acceptors (Lipinski definition) is 2. The van der Waals surface area contributed by atoms with Crippen LogP contribution in [0.4, 0.5) is 8.78 Å². The molecule has 0 radical (unpaired) electrons. The van der Waals surface area contributed by atoms with Crippen molar-refractivity contribution in [2.24, 2.45) is 0 Å². The van der Waals surface area contributed by atoms with Gasteiger partial charge in [0.25, 0.3) is 0 Å². The molecule has 0 fully saturated rings. The van der Waals surface area contributed by atoms with Crippen LogP contribution >= 0.6 is 15.9 Å². The van der Waals surface area contributed by atoms with E-state index in [1.54, 1.807) is 18.2 Å². The van der Waals surface area contributed by atoms with E-state index >= 15 is 0 Å². The maximum atomic E-state index is 13.8. The Kier molecular flexibility index (Phi) is 4.61. The molecule has 0 saturated heterocycles. The maximum Gasteiger partial charge on any atom is 0.146 e. The SMILES string of the molecule is CCNC(c1ccc(Br)c(F)c1)c1ccncc1F. The maximum absolute atomic E-state index is 13.8. The number of halogens is 3. The minimum atomic E-state index is -0.406. The molecule has 0 aliphatic heterocycles. The van der Waals surface area contributed by atoms with Crippen LogP contribution in [0.5, 0.6) is 0 Å². The number of benzene rings is 1. The highest BCUT2D eigenvalue weighted by Crippen LogP contribution is 2.26. The van der Waals surface area contributed by atoms with E-state index in [-0.39, 0.29) is 5.82 Å². The second-order valence-electron chi connectivity index (χ2n) is 4.06. The van der Waals surface area contributed by atoms with Crippen LogP contribution in [0.3, 0.4) is 0 Å². The Morgan fingerprint density at radius 1 is 1.26 bits per heavy atom. The van der Waals surface area contributed by atoms with Gasteiger partial charge in [-0.25, -0.2) is 8.78 Å². The fourth-order valence-corrected chi connectivity index (χ4v) is 2.17. The summed E-state index contributed by atoms with van der Waals surface area (Å²) >= 11 is 3.11. The molecule has 0 spiro atoms. The van der Waals surface area contributed by atoms with Gasteiger partial charge in [-0.15, -0.1) is 0 Å². The fourth-order valence-electron chi connectivity index (χ4n) is 1.92. The van der Waals surface area contributed by atoms with E-state index < -0.39 is 11.9 Å². The lowest BCUT2D eigenvalue weighted by atomic mass is 9.99. The smallest absolute Gasteiger partial charge is 0.146 e. The van der Waals surface area contributed by atoms with Gasteiger partial charge >= 0.3 is 0 Å². The molecule has 1 aromatic heterocycles. The predicted octanol–water partition coefficient (Wildman–Crippen LogP) is 3.82. The van der Waals surface area contributed by atoms with Gasteiger partial charge in [-0.05, 0) is 46.2 Å². The first-order chi connectivity index (χ1) is 9.13. The predicted molar refractivity (Wildman–Crippen MR) is 73.8 cm³/mol. The van der Waals surface area contributed by atoms with Crippen molar-refractivity contribution in [2.45, 2.75) is 13.0 Å². The summed E-state index contributed by atoms with van der Waals surface area (Å²) in [5.74, 6) is -0.772. The van der Waals surface area contributed by atoms with Crippen LogP contribution in [-0.4, -0.2) is 11.5 Å². The summed E-state index contributed by atoms with van der Waals surface area (Å²) in [5, 5.41) is 3.15. The van der Waals surface area contributed by atoms with Gasteiger partial charge in [-0.1, -0.05) is 13.0 Å². The minimum absolute atomic E-state index is 0.366. The molecule has 0 saturated carbocycles. The normalized spacial score (nSPS) is 12.4. The van der Waals surface area contributed by atoms with Crippen LogP contribution in [-0.2, 0) is 0 Å². The molecule has 0 aliphatic carbocycles. The van der Waals surface area contributed by atoms with E-state index in [2.05, 4.69) is 26.2 Å². The molecular weight excluding hydrogens is 314 g/mol. The Hall–Kier alpha value is -1.33. The first-order valence-electron chi connectivity index (χ1n) is 5.91. The van der Waals surface area contributed by atoms with Crippen LogP contribution in [0.1, 0.15) is 24.1 Å². The average Bonchev–Trinajstić information content (AvgIpc) is 2.40. The molecule has 1 aromatic carbocycles. The molecule has 19 heavy (non-hydrogen) atoms. The molecule has 0 bridgehead atoms. The second-order valence-corrected chi connectivity index (χ2v) is 4.92. The first kappa shape index (κ1) is 14.1. The van der Waals surface area contributed by atoms with E-state index in [0.717, 1.165) is 6.20 Å². The zero-order valence-corrected chi connectivity index (χ0v) is 11.9. The minimum Gasteiger partial charge on any atom is -0.306 e.